The molecule has 0 heterocycles. The van der Waals surface area contributed by atoms with E-state index in [1.54, 1.807) is 0 Å². The Kier molecular flexibility index (Phi) is 7.23. The molecular formula is C12H18F3NO4. The number of amides is 1. The molecule has 2 unspecified atom stereocenters. The zero-order valence-electron chi connectivity index (χ0n) is 11.5. The maximum Gasteiger partial charge on any atom is 0.335 e. The molecule has 0 aliphatic heterocycles. The quantitative estimate of drug-likeness (QED) is 0.687. The van der Waals surface area contributed by atoms with Gasteiger partial charge < -0.3 is 10.1 Å². The number of nitrogens with one attached hydrogen (secondary N) is 1. The molecule has 1 amide bonds. The number of esters is 1. The van der Waals surface area contributed by atoms with E-state index in [1.165, 1.54) is 13.8 Å². The number of ketones is 1. The molecule has 0 aliphatic carbocycles. The van der Waals surface area contributed by atoms with Crippen LogP contribution in [0.1, 0.15) is 33.6 Å². The second-order valence-corrected chi connectivity index (χ2v) is 4.11. The normalized spacial score (nSPS) is 14.3. The Balaban J connectivity index is 4.92. The van der Waals surface area contributed by atoms with Gasteiger partial charge in [0.1, 0.15) is 6.04 Å². The fraction of sp³-hybridized carbons (Fsp3) is 0.750. The lowest BCUT2D eigenvalue weighted by atomic mass is 10.0. The predicted molar refractivity (Wildman–Crippen MR) is 64.0 cm³/mol. The topological polar surface area (TPSA) is 72.5 Å². The van der Waals surface area contributed by atoms with E-state index < -0.39 is 48.6 Å². The van der Waals surface area contributed by atoms with Crippen LogP contribution < -0.4 is 5.32 Å². The highest BCUT2D eigenvalue weighted by molar-refractivity contribution is 5.86. The highest BCUT2D eigenvalue weighted by atomic mass is 19.3. The van der Waals surface area contributed by atoms with Crippen LogP contribution in [0.3, 0.4) is 0 Å². The second kappa shape index (κ2) is 7.86. The van der Waals surface area contributed by atoms with E-state index in [-0.39, 0.29) is 6.61 Å². The number of Topliss-reactive ketones (excluding diaryl/α,β-unsaturated/α-hetero) is 1. The summed E-state index contributed by atoms with van der Waals surface area (Å²) in [4.78, 5) is 33.3. The Morgan fingerprint density at radius 1 is 1.25 bits per heavy atom. The Morgan fingerprint density at radius 3 is 2.20 bits per heavy atom. The van der Waals surface area contributed by atoms with Gasteiger partial charge in [-0.1, -0.05) is 6.92 Å². The number of hydrogen-bond acceptors (Lipinski definition) is 4. The van der Waals surface area contributed by atoms with Crippen molar-refractivity contribution in [3.63, 3.8) is 0 Å². The summed E-state index contributed by atoms with van der Waals surface area (Å²) in [6.45, 7) is 3.66. The summed E-state index contributed by atoms with van der Waals surface area (Å²) in [5.41, 5.74) is 0. The Labute approximate surface area is 114 Å². The number of carbonyl (C=O) groups excluding carboxylic acids is 3. The molecule has 0 aromatic heterocycles. The summed E-state index contributed by atoms with van der Waals surface area (Å²) in [7, 11) is 0. The van der Waals surface area contributed by atoms with Crippen molar-refractivity contribution < 1.29 is 32.3 Å². The van der Waals surface area contributed by atoms with Gasteiger partial charge in [-0.25, -0.2) is 9.18 Å². The number of rotatable bonds is 8. The first-order valence-corrected chi connectivity index (χ1v) is 6.15. The predicted octanol–water partition coefficient (Wildman–Crippen LogP) is 1.40. The highest BCUT2D eigenvalue weighted by Crippen LogP contribution is 2.27. The van der Waals surface area contributed by atoms with Crippen molar-refractivity contribution in [3.05, 3.63) is 0 Å². The zero-order valence-corrected chi connectivity index (χ0v) is 11.5. The molecule has 0 radical (unpaired) electrons. The van der Waals surface area contributed by atoms with Gasteiger partial charge in [-0.2, -0.15) is 8.78 Å². The SMILES string of the molecule is CCOC(=O)C(CC(F)C(F)(F)C(=O)CC)NC(C)=O. The first kappa shape index (κ1) is 18.4. The molecule has 0 saturated heterocycles. The lowest BCUT2D eigenvalue weighted by Crippen LogP contribution is -2.47. The molecule has 0 rings (SSSR count). The van der Waals surface area contributed by atoms with Crippen molar-refractivity contribution in [1.29, 1.82) is 0 Å². The average molecular weight is 297 g/mol. The van der Waals surface area contributed by atoms with Crippen LogP contribution in [0.4, 0.5) is 13.2 Å². The van der Waals surface area contributed by atoms with Crippen LogP contribution in [0.25, 0.3) is 0 Å². The molecule has 0 aliphatic rings. The third kappa shape index (κ3) is 5.18. The molecule has 0 fully saturated rings. The molecule has 20 heavy (non-hydrogen) atoms. The molecule has 5 nitrogen and oxygen atoms in total. The summed E-state index contributed by atoms with van der Waals surface area (Å²) < 4.78 is 44.9. The van der Waals surface area contributed by atoms with Gasteiger partial charge in [0.25, 0.3) is 0 Å². The molecule has 0 bridgehead atoms. The lowest BCUT2D eigenvalue weighted by Gasteiger charge is -2.23. The first-order valence-electron chi connectivity index (χ1n) is 6.15. The van der Waals surface area contributed by atoms with E-state index in [0.717, 1.165) is 6.92 Å². The number of hydrogen-bond donors (Lipinski definition) is 1. The van der Waals surface area contributed by atoms with E-state index >= 15 is 0 Å². The fourth-order valence-corrected chi connectivity index (χ4v) is 1.47. The van der Waals surface area contributed by atoms with Crippen molar-refractivity contribution in [2.75, 3.05) is 6.61 Å². The van der Waals surface area contributed by atoms with E-state index in [1.807, 2.05) is 5.32 Å². The molecule has 0 spiro atoms. The average Bonchev–Trinajstić information content (AvgIpc) is 2.36. The van der Waals surface area contributed by atoms with E-state index in [0.29, 0.717) is 0 Å². The number of halogens is 3. The van der Waals surface area contributed by atoms with Crippen LogP contribution >= 0.6 is 0 Å². The zero-order chi connectivity index (χ0) is 15.9. The Hall–Kier alpha value is -1.60. The smallest absolute Gasteiger partial charge is 0.335 e. The van der Waals surface area contributed by atoms with Crippen molar-refractivity contribution in [2.24, 2.45) is 0 Å². The minimum Gasteiger partial charge on any atom is -0.464 e. The summed E-state index contributed by atoms with van der Waals surface area (Å²) >= 11 is 0. The van der Waals surface area contributed by atoms with Crippen LogP contribution in [0.2, 0.25) is 0 Å². The van der Waals surface area contributed by atoms with Gasteiger partial charge in [-0.15, -0.1) is 0 Å². The van der Waals surface area contributed by atoms with Gasteiger partial charge in [-0.05, 0) is 6.92 Å². The lowest BCUT2D eigenvalue weighted by molar-refractivity contribution is -0.157. The van der Waals surface area contributed by atoms with Crippen LogP contribution in [-0.2, 0) is 19.1 Å². The van der Waals surface area contributed by atoms with Gasteiger partial charge in [-0.3, -0.25) is 9.59 Å². The minimum absolute atomic E-state index is 0.0455. The number of alkyl halides is 3. The van der Waals surface area contributed by atoms with Gasteiger partial charge >= 0.3 is 11.9 Å². The van der Waals surface area contributed by atoms with Gasteiger partial charge in [0.15, 0.2) is 6.17 Å². The molecule has 8 heteroatoms. The molecular weight excluding hydrogens is 279 g/mol. The maximum atomic E-state index is 13.6. The van der Waals surface area contributed by atoms with E-state index in [9.17, 15) is 27.6 Å². The highest BCUT2D eigenvalue weighted by Gasteiger charge is 2.48. The summed E-state index contributed by atoms with van der Waals surface area (Å²) in [5.74, 6) is -7.47. The largest absolute Gasteiger partial charge is 0.464 e. The molecule has 0 aromatic rings. The second-order valence-electron chi connectivity index (χ2n) is 4.11. The fourth-order valence-electron chi connectivity index (χ4n) is 1.47. The molecule has 1 N–H and O–H groups in total. The van der Waals surface area contributed by atoms with Gasteiger partial charge in [0, 0.05) is 19.8 Å². The summed E-state index contributed by atoms with van der Waals surface area (Å²) in [6, 6.07) is -1.56. The van der Waals surface area contributed by atoms with Crippen molar-refractivity contribution in [3.8, 4) is 0 Å². The molecule has 0 aromatic carbocycles. The summed E-state index contributed by atoms with van der Waals surface area (Å²) in [6.07, 6.45) is -4.44. The first-order chi connectivity index (χ1) is 9.16. The van der Waals surface area contributed by atoms with Crippen LogP contribution in [-0.4, -0.2) is 42.4 Å². The Morgan fingerprint density at radius 2 is 1.80 bits per heavy atom. The third-order valence-electron chi connectivity index (χ3n) is 2.48. The standard InChI is InChI=1S/C12H18F3NO4/c1-4-10(18)12(14,15)9(13)6-8(16-7(3)17)11(19)20-5-2/h8-9H,4-6H2,1-3H3,(H,16,17). The van der Waals surface area contributed by atoms with Crippen molar-refractivity contribution in [1.82, 2.24) is 5.32 Å². The monoisotopic (exact) mass is 297 g/mol. The van der Waals surface area contributed by atoms with Crippen LogP contribution in [0.15, 0.2) is 0 Å². The van der Waals surface area contributed by atoms with Crippen molar-refractivity contribution in [2.45, 2.75) is 51.7 Å². The number of carbonyl (C=O) groups is 3. The van der Waals surface area contributed by atoms with E-state index in [4.69, 9.17) is 0 Å². The molecule has 2 atom stereocenters. The summed E-state index contributed by atoms with van der Waals surface area (Å²) in [5, 5.41) is 2.03. The third-order valence-corrected chi connectivity index (χ3v) is 2.48. The number of ether oxygens (including phenoxy) is 1. The Bertz CT molecular complexity index is 374. The van der Waals surface area contributed by atoms with E-state index in [2.05, 4.69) is 4.74 Å². The molecule has 0 saturated carbocycles. The van der Waals surface area contributed by atoms with Crippen LogP contribution in [0, 0.1) is 0 Å². The minimum atomic E-state index is -4.20. The molecule has 116 valence electrons. The maximum absolute atomic E-state index is 13.6. The van der Waals surface area contributed by atoms with Gasteiger partial charge in [0.05, 0.1) is 6.61 Å². The van der Waals surface area contributed by atoms with Crippen LogP contribution in [0.5, 0.6) is 0 Å². The van der Waals surface area contributed by atoms with Gasteiger partial charge in [0.2, 0.25) is 11.7 Å². The van der Waals surface area contributed by atoms with Crippen molar-refractivity contribution >= 4 is 17.7 Å².